The summed E-state index contributed by atoms with van der Waals surface area (Å²) in [6, 6.07) is 25.0. The number of nitrogens with zero attached hydrogens (tertiary/aromatic N) is 1. The van der Waals surface area contributed by atoms with Crippen molar-refractivity contribution in [2.75, 3.05) is 26.2 Å². The molecule has 3 nitrogen and oxygen atoms in total. The lowest BCUT2D eigenvalue weighted by molar-refractivity contribution is -0.0339. The number of benzene rings is 3. The molecule has 1 heterocycles. The Kier molecular flexibility index (Phi) is 6.34. The predicted molar refractivity (Wildman–Crippen MR) is 129 cm³/mol. The van der Waals surface area contributed by atoms with Crippen molar-refractivity contribution in [2.45, 2.75) is 37.4 Å². The molecule has 0 aromatic heterocycles. The molecule has 1 N–H and O–H groups in total. The molecule has 3 aromatic carbocycles. The van der Waals surface area contributed by atoms with Crippen molar-refractivity contribution in [1.29, 1.82) is 0 Å². The van der Waals surface area contributed by atoms with Gasteiger partial charge in [-0.25, -0.2) is 0 Å². The highest BCUT2D eigenvalue weighted by molar-refractivity contribution is 6.30. The first-order valence-corrected chi connectivity index (χ1v) is 12.0. The molecule has 32 heavy (non-hydrogen) atoms. The highest BCUT2D eigenvalue weighted by Gasteiger charge is 2.34. The molecule has 0 atom stereocenters. The van der Waals surface area contributed by atoms with E-state index in [1.165, 1.54) is 22.3 Å². The zero-order valence-electron chi connectivity index (χ0n) is 18.3. The van der Waals surface area contributed by atoms with Crippen molar-refractivity contribution in [1.82, 2.24) is 4.90 Å². The molecule has 2 aliphatic rings. The fraction of sp³-hybridized carbons (Fsp3) is 0.357. The maximum atomic E-state index is 11.1. The van der Waals surface area contributed by atoms with Crippen molar-refractivity contribution < 1.29 is 9.84 Å². The van der Waals surface area contributed by atoms with E-state index in [4.69, 9.17) is 16.3 Å². The number of aryl methyl sites for hydroxylation is 2. The van der Waals surface area contributed by atoms with Crippen LogP contribution in [0.3, 0.4) is 0 Å². The molecule has 166 valence electrons. The quantitative estimate of drug-likeness (QED) is 0.558. The first-order valence-electron chi connectivity index (χ1n) is 11.6. The van der Waals surface area contributed by atoms with E-state index in [-0.39, 0.29) is 6.10 Å². The van der Waals surface area contributed by atoms with Gasteiger partial charge >= 0.3 is 0 Å². The van der Waals surface area contributed by atoms with E-state index in [1.807, 2.05) is 24.3 Å². The highest BCUT2D eigenvalue weighted by atomic mass is 35.5. The molecule has 5 rings (SSSR count). The highest BCUT2D eigenvalue weighted by Crippen LogP contribution is 2.36. The van der Waals surface area contributed by atoms with Gasteiger partial charge in [-0.3, -0.25) is 0 Å². The molecule has 0 spiro atoms. The van der Waals surface area contributed by atoms with Crippen molar-refractivity contribution in [3.05, 3.63) is 106 Å². The van der Waals surface area contributed by atoms with Crippen LogP contribution in [-0.2, 0) is 23.2 Å². The Hall–Kier alpha value is -2.17. The maximum Gasteiger partial charge on any atom is 0.108 e. The number of ether oxygens (including phenoxy) is 1. The van der Waals surface area contributed by atoms with E-state index in [0.29, 0.717) is 11.6 Å². The summed E-state index contributed by atoms with van der Waals surface area (Å²) >= 11 is 6.01. The number of hydrogen-bond donors (Lipinski definition) is 1. The van der Waals surface area contributed by atoms with E-state index in [2.05, 4.69) is 53.4 Å². The van der Waals surface area contributed by atoms with Gasteiger partial charge in [-0.15, -0.1) is 0 Å². The number of aliphatic hydroxyl groups is 1. The molecule has 0 radical (unpaired) electrons. The zero-order chi connectivity index (χ0) is 22.0. The van der Waals surface area contributed by atoms with E-state index in [0.717, 1.165) is 50.9 Å². The van der Waals surface area contributed by atoms with Gasteiger partial charge in [0.25, 0.3) is 0 Å². The van der Waals surface area contributed by atoms with Crippen molar-refractivity contribution in [3.8, 4) is 0 Å². The lowest BCUT2D eigenvalue weighted by Crippen LogP contribution is -2.43. The van der Waals surface area contributed by atoms with Gasteiger partial charge in [0.15, 0.2) is 0 Å². The van der Waals surface area contributed by atoms with E-state index >= 15 is 0 Å². The van der Waals surface area contributed by atoms with Gasteiger partial charge in [-0.1, -0.05) is 72.3 Å². The molecular weight excluding hydrogens is 418 g/mol. The summed E-state index contributed by atoms with van der Waals surface area (Å²) in [6.07, 6.45) is 3.55. The molecule has 1 saturated heterocycles. The number of halogens is 1. The van der Waals surface area contributed by atoms with E-state index < -0.39 is 5.60 Å². The Morgan fingerprint density at radius 1 is 0.844 bits per heavy atom. The summed E-state index contributed by atoms with van der Waals surface area (Å²) in [6.45, 7) is 3.27. The average molecular weight is 448 g/mol. The largest absolute Gasteiger partial charge is 0.385 e. The zero-order valence-corrected chi connectivity index (χ0v) is 19.1. The van der Waals surface area contributed by atoms with E-state index in [9.17, 15) is 5.11 Å². The molecule has 0 unspecified atom stereocenters. The number of likely N-dealkylation sites (tertiary alicyclic amines) is 1. The van der Waals surface area contributed by atoms with Crippen LogP contribution in [0.15, 0.2) is 72.8 Å². The van der Waals surface area contributed by atoms with Gasteiger partial charge in [0, 0.05) is 24.7 Å². The lowest BCUT2D eigenvalue weighted by atomic mass is 9.84. The van der Waals surface area contributed by atoms with Crippen LogP contribution < -0.4 is 0 Å². The third-order valence-electron chi connectivity index (χ3n) is 7.10. The summed E-state index contributed by atoms with van der Waals surface area (Å²) in [5.74, 6) is 0. The number of rotatable bonds is 5. The average Bonchev–Trinajstić information content (AvgIpc) is 2.98. The molecule has 3 aromatic rings. The molecule has 0 saturated carbocycles. The molecule has 1 aliphatic heterocycles. The Labute approximate surface area is 195 Å². The third kappa shape index (κ3) is 4.49. The Bertz CT molecular complexity index is 1010. The number of hydrogen-bond acceptors (Lipinski definition) is 3. The van der Waals surface area contributed by atoms with Gasteiger partial charge < -0.3 is 14.7 Å². The molecular formula is C28H30ClNO2. The summed E-state index contributed by atoms with van der Waals surface area (Å²) < 4.78 is 6.55. The molecule has 4 heteroatoms. The third-order valence-corrected chi connectivity index (χ3v) is 7.35. The fourth-order valence-corrected chi connectivity index (χ4v) is 5.27. The van der Waals surface area contributed by atoms with Gasteiger partial charge in [-0.2, -0.15) is 0 Å². The summed E-state index contributed by atoms with van der Waals surface area (Å²) in [4.78, 5) is 2.40. The van der Waals surface area contributed by atoms with Crippen LogP contribution in [0.4, 0.5) is 0 Å². The van der Waals surface area contributed by atoms with Gasteiger partial charge in [0.1, 0.15) is 6.10 Å². The second-order valence-corrected chi connectivity index (χ2v) is 9.47. The topological polar surface area (TPSA) is 32.7 Å². The fourth-order valence-electron chi connectivity index (χ4n) is 5.15. The minimum absolute atomic E-state index is 0.0132. The van der Waals surface area contributed by atoms with Crippen LogP contribution in [0.5, 0.6) is 0 Å². The molecule has 1 fully saturated rings. The van der Waals surface area contributed by atoms with Crippen LogP contribution >= 0.6 is 11.6 Å². The van der Waals surface area contributed by atoms with Gasteiger partial charge in [0.2, 0.25) is 0 Å². The maximum absolute atomic E-state index is 11.1. The standard InChI is InChI=1S/C28H30ClNO2/c29-24-13-11-23(12-14-24)28(31)15-17-30(18-16-28)19-20-32-27-25-7-3-1-5-21(25)9-10-22-6-2-4-8-26(22)27/h1-8,11-14,27,31H,9-10,15-20H2. The van der Waals surface area contributed by atoms with Gasteiger partial charge in [0.05, 0.1) is 12.2 Å². The number of fused-ring (bicyclic) bond motifs is 2. The summed E-state index contributed by atoms with van der Waals surface area (Å²) in [5.41, 5.74) is 5.58. The SMILES string of the molecule is OC1(c2ccc(Cl)cc2)CCN(CCOC2c3ccccc3CCc3ccccc32)CC1. The van der Waals surface area contributed by atoms with E-state index in [1.54, 1.807) is 0 Å². The van der Waals surface area contributed by atoms with Crippen molar-refractivity contribution in [3.63, 3.8) is 0 Å². The smallest absolute Gasteiger partial charge is 0.108 e. The number of piperidine rings is 1. The minimum atomic E-state index is -0.763. The van der Waals surface area contributed by atoms with Crippen LogP contribution in [0.1, 0.15) is 46.8 Å². The van der Waals surface area contributed by atoms with Crippen molar-refractivity contribution in [2.24, 2.45) is 0 Å². The second kappa shape index (κ2) is 9.36. The molecule has 1 aliphatic carbocycles. The Morgan fingerprint density at radius 3 is 2.00 bits per heavy atom. The van der Waals surface area contributed by atoms with Crippen LogP contribution in [0.2, 0.25) is 5.02 Å². The van der Waals surface area contributed by atoms with Crippen LogP contribution in [0, 0.1) is 0 Å². The monoisotopic (exact) mass is 447 g/mol. The molecule has 0 amide bonds. The summed E-state index contributed by atoms with van der Waals surface area (Å²) in [5, 5.41) is 11.8. The second-order valence-electron chi connectivity index (χ2n) is 9.03. The predicted octanol–water partition coefficient (Wildman–Crippen LogP) is 5.53. The Balaban J connectivity index is 1.22. The molecule has 0 bridgehead atoms. The van der Waals surface area contributed by atoms with Crippen LogP contribution in [0.25, 0.3) is 0 Å². The first-order chi connectivity index (χ1) is 15.6. The van der Waals surface area contributed by atoms with Crippen LogP contribution in [-0.4, -0.2) is 36.2 Å². The lowest BCUT2D eigenvalue weighted by Gasteiger charge is -2.38. The van der Waals surface area contributed by atoms with Gasteiger partial charge in [-0.05, 0) is 65.6 Å². The normalized spacial score (nSPS) is 18.6. The minimum Gasteiger partial charge on any atom is -0.385 e. The van der Waals surface area contributed by atoms with Crippen molar-refractivity contribution >= 4 is 11.6 Å². The first kappa shape index (κ1) is 21.7. The Morgan fingerprint density at radius 2 is 1.41 bits per heavy atom. The summed E-state index contributed by atoms with van der Waals surface area (Å²) in [7, 11) is 0.